The maximum absolute atomic E-state index is 13.6. The monoisotopic (exact) mass is 280 g/mol. The van der Waals surface area contributed by atoms with E-state index in [0.29, 0.717) is 12.5 Å². The molecule has 0 saturated carbocycles. The van der Waals surface area contributed by atoms with E-state index < -0.39 is 11.7 Å². The number of amides is 1. The van der Waals surface area contributed by atoms with Crippen molar-refractivity contribution in [3.63, 3.8) is 0 Å². The van der Waals surface area contributed by atoms with Crippen LogP contribution in [0.5, 0.6) is 0 Å². The Balaban J connectivity index is 1.79. The van der Waals surface area contributed by atoms with Gasteiger partial charge in [-0.05, 0) is 51.4 Å². The average Bonchev–Trinajstić information content (AvgIpc) is 2.44. The number of carbonyl (C=O) groups is 1. The van der Waals surface area contributed by atoms with Crippen molar-refractivity contribution in [2.45, 2.75) is 19.3 Å². The molecule has 1 aliphatic heterocycles. The quantitative estimate of drug-likeness (QED) is 0.871. The predicted octanol–water partition coefficient (Wildman–Crippen LogP) is 1.26. The van der Waals surface area contributed by atoms with Crippen LogP contribution in [0.2, 0.25) is 0 Å². The first kappa shape index (κ1) is 14.7. The Kier molecular flexibility index (Phi) is 4.89. The molecule has 6 heteroatoms. The number of hydrogen-bond donors (Lipinski definition) is 2. The number of anilines is 1. The number of nitrogens with zero attached hydrogens (tertiary/aromatic N) is 2. The molecule has 1 saturated heterocycles. The van der Waals surface area contributed by atoms with E-state index in [2.05, 4.69) is 22.2 Å². The van der Waals surface area contributed by atoms with E-state index in [1.165, 1.54) is 12.3 Å². The first-order valence-electron chi connectivity index (χ1n) is 6.94. The standard InChI is InChI=1S/C14H21FN4O/c1-19-8-4-10(5-9-19)2-6-18-14(20)11-3-7-17-13(16)12(11)15/h3,7,10H,2,4-6,8-9H2,1H3,(H2,16,17)(H,18,20). The molecule has 110 valence electrons. The van der Waals surface area contributed by atoms with Crippen LogP contribution in [0.4, 0.5) is 10.2 Å². The highest BCUT2D eigenvalue weighted by Gasteiger charge is 2.18. The molecule has 1 amide bonds. The normalized spacial score (nSPS) is 17.1. The van der Waals surface area contributed by atoms with Crippen LogP contribution >= 0.6 is 0 Å². The molecule has 0 bridgehead atoms. The number of pyridine rings is 1. The second kappa shape index (κ2) is 6.65. The summed E-state index contributed by atoms with van der Waals surface area (Å²) in [6.45, 7) is 2.77. The Hall–Kier alpha value is -1.69. The highest BCUT2D eigenvalue weighted by Crippen LogP contribution is 2.19. The molecule has 3 N–H and O–H groups in total. The first-order chi connectivity index (χ1) is 9.58. The van der Waals surface area contributed by atoms with Crippen molar-refractivity contribution in [2.24, 2.45) is 5.92 Å². The number of nitrogens with one attached hydrogen (secondary N) is 1. The highest BCUT2D eigenvalue weighted by molar-refractivity contribution is 5.95. The smallest absolute Gasteiger partial charge is 0.254 e. The summed E-state index contributed by atoms with van der Waals surface area (Å²) in [7, 11) is 2.12. The summed E-state index contributed by atoms with van der Waals surface area (Å²) in [6.07, 6.45) is 4.58. The van der Waals surface area contributed by atoms with Gasteiger partial charge in [-0.15, -0.1) is 0 Å². The third kappa shape index (κ3) is 3.66. The predicted molar refractivity (Wildman–Crippen MR) is 75.8 cm³/mol. The minimum atomic E-state index is -0.746. The van der Waals surface area contributed by atoms with Gasteiger partial charge in [0.1, 0.15) is 0 Å². The van der Waals surface area contributed by atoms with Crippen molar-refractivity contribution in [1.82, 2.24) is 15.2 Å². The van der Waals surface area contributed by atoms with E-state index in [4.69, 9.17) is 5.73 Å². The van der Waals surface area contributed by atoms with Crippen molar-refractivity contribution < 1.29 is 9.18 Å². The number of likely N-dealkylation sites (tertiary alicyclic amines) is 1. The second-order valence-corrected chi connectivity index (χ2v) is 5.35. The molecule has 1 aromatic rings. The van der Waals surface area contributed by atoms with Crippen LogP contribution in [-0.4, -0.2) is 42.5 Å². The Morgan fingerprint density at radius 2 is 2.25 bits per heavy atom. The van der Waals surface area contributed by atoms with Crippen LogP contribution in [-0.2, 0) is 0 Å². The summed E-state index contributed by atoms with van der Waals surface area (Å²) in [5.41, 5.74) is 5.31. The maximum atomic E-state index is 13.6. The van der Waals surface area contributed by atoms with E-state index in [-0.39, 0.29) is 11.4 Å². The molecule has 1 aliphatic rings. The van der Waals surface area contributed by atoms with Crippen LogP contribution in [0.25, 0.3) is 0 Å². The summed E-state index contributed by atoms with van der Waals surface area (Å²) < 4.78 is 13.6. The number of halogens is 1. The number of hydrogen-bond acceptors (Lipinski definition) is 4. The summed E-state index contributed by atoms with van der Waals surface area (Å²) in [5, 5.41) is 2.75. The fraction of sp³-hybridized carbons (Fsp3) is 0.571. The minimum Gasteiger partial charge on any atom is -0.381 e. The van der Waals surface area contributed by atoms with Crippen LogP contribution < -0.4 is 11.1 Å². The lowest BCUT2D eigenvalue weighted by Gasteiger charge is -2.28. The van der Waals surface area contributed by atoms with Crippen molar-refractivity contribution in [2.75, 3.05) is 32.4 Å². The molecule has 0 spiro atoms. The SMILES string of the molecule is CN1CCC(CCNC(=O)c2ccnc(N)c2F)CC1. The van der Waals surface area contributed by atoms with Crippen molar-refractivity contribution >= 4 is 11.7 Å². The van der Waals surface area contributed by atoms with Gasteiger partial charge < -0.3 is 16.0 Å². The van der Waals surface area contributed by atoms with Gasteiger partial charge in [0.05, 0.1) is 5.56 Å². The van der Waals surface area contributed by atoms with Gasteiger partial charge in [-0.25, -0.2) is 9.37 Å². The molecule has 0 unspecified atom stereocenters. The second-order valence-electron chi connectivity index (χ2n) is 5.35. The van der Waals surface area contributed by atoms with Gasteiger partial charge >= 0.3 is 0 Å². The molecule has 2 rings (SSSR count). The fourth-order valence-corrected chi connectivity index (χ4v) is 2.47. The lowest BCUT2D eigenvalue weighted by atomic mass is 9.94. The van der Waals surface area contributed by atoms with Gasteiger partial charge in [0.2, 0.25) is 0 Å². The van der Waals surface area contributed by atoms with Gasteiger partial charge in [-0.2, -0.15) is 0 Å². The topological polar surface area (TPSA) is 71.2 Å². The van der Waals surface area contributed by atoms with Gasteiger partial charge in [-0.1, -0.05) is 0 Å². The zero-order chi connectivity index (χ0) is 14.5. The van der Waals surface area contributed by atoms with Crippen LogP contribution in [0.1, 0.15) is 29.6 Å². The molecular formula is C14H21FN4O. The number of aromatic nitrogens is 1. The highest BCUT2D eigenvalue weighted by atomic mass is 19.1. The summed E-state index contributed by atoms with van der Waals surface area (Å²) >= 11 is 0. The van der Waals surface area contributed by atoms with E-state index in [9.17, 15) is 9.18 Å². The van der Waals surface area contributed by atoms with E-state index >= 15 is 0 Å². The summed E-state index contributed by atoms with van der Waals surface area (Å²) in [5.74, 6) is -0.777. The molecule has 0 aromatic carbocycles. The summed E-state index contributed by atoms with van der Waals surface area (Å²) in [6, 6.07) is 1.34. The van der Waals surface area contributed by atoms with Crippen LogP contribution in [0, 0.1) is 11.7 Å². The molecule has 0 radical (unpaired) electrons. The van der Waals surface area contributed by atoms with E-state index in [1.54, 1.807) is 0 Å². The molecule has 0 atom stereocenters. The first-order valence-corrected chi connectivity index (χ1v) is 6.94. The van der Waals surface area contributed by atoms with Gasteiger partial charge in [-0.3, -0.25) is 4.79 Å². The van der Waals surface area contributed by atoms with E-state index in [1.807, 2.05) is 0 Å². The van der Waals surface area contributed by atoms with Gasteiger partial charge in [0.25, 0.3) is 5.91 Å². The number of rotatable bonds is 4. The lowest BCUT2D eigenvalue weighted by Crippen LogP contribution is -2.33. The van der Waals surface area contributed by atoms with Gasteiger partial charge in [0.15, 0.2) is 11.6 Å². The molecular weight excluding hydrogens is 259 g/mol. The van der Waals surface area contributed by atoms with Crippen molar-refractivity contribution in [3.05, 3.63) is 23.6 Å². The average molecular weight is 280 g/mol. The molecule has 20 heavy (non-hydrogen) atoms. The molecule has 0 aliphatic carbocycles. The van der Waals surface area contributed by atoms with Crippen LogP contribution in [0.15, 0.2) is 12.3 Å². The Bertz CT molecular complexity index is 472. The Morgan fingerprint density at radius 1 is 1.55 bits per heavy atom. The largest absolute Gasteiger partial charge is 0.381 e. The van der Waals surface area contributed by atoms with Gasteiger partial charge in [0, 0.05) is 12.7 Å². The number of nitrogens with two attached hydrogens (primary N) is 1. The zero-order valence-corrected chi connectivity index (χ0v) is 11.7. The van der Waals surface area contributed by atoms with Crippen LogP contribution in [0.3, 0.4) is 0 Å². The number of nitrogen functional groups attached to an aromatic ring is 1. The molecule has 1 aromatic heterocycles. The number of piperidine rings is 1. The zero-order valence-electron chi connectivity index (χ0n) is 11.7. The maximum Gasteiger partial charge on any atom is 0.254 e. The number of carbonyl (C=O) groups excluding carboxylic acids is 1. The molecule has 5 nitrogen and oxygen atoms in total. The molecule has 1 fully saturated rings. The third-order valence-electron chi connectivity index (χ3n) is 3.84. The Labute approximate surface area is 118 Å². The van der Waals surface area contributed by atoms with Crippen molar-refractivity contribution in [3.8, 4) is 0 Å². The lowest BCUT2D eigenvalue weighted by molar-refractivity contribution is 0.0945. The third-order valence-corrected chi connectivity index (χ3v) is 3.84. The molecule has 2 heterocycles. The fourth-order valence-electron chi connectivity index (χ4n) is 2.47. The Morgan fingerprint density at radius 3 is 2.95 bits per heavy atom. The summed E-state index contributed by atoms with van der Waals surface area (Å²) in [4.78, 5) is 17.8. The minimum absolute atomic E-state index is 0.0409. The van der Waals surface area contributed by atoms with E-state index in [0.717, 1.165) is 32.4 Å². The van der Waals surface area contributed by atoms with Crippen molar-refractivity contribution in [1.29, 1.82) is 0 Å².